The van der Waals surface area contributed by atoms with E-state index in [4.69, 9.17) is 0 Å². The van der Waals surface area contributed by atoms with Crippen molar-refractivity contribution in [2.75, 3.05) is 27.7 Å². The molecule has 2 aromatic rings. The molecule has 0 aromatic heterocycles. The summed E-state index contributed by atoms with van der Waals surface area (Å²) >= 11 is 0. The molecule has 6 nitrogen and oxygen atoms in total. The highest BCUT2D eigenvalue weighted by molar-refractivity contribution is 7.89. The molecule has 0 saturated heterocycles. The molecule has 2 rings (SSSR count). The van der Waals surface area contributed by atoms with Gasteiger partial charge in [0, 0.05) is 34.2 Å². The van der Waals surface area contributed by atoms with Crippen LogP contribution >= 0.6 is 0 Å². The summed E-state index contributed by atoms with van der Waals surface area (Å²) in [6.07, 6.45) is 0.882. The number of hydrogen-bond acceptors (Lipinski definition) is 3. The molecule has 140 valence electrons. The van der Waals surface area contributed by atoms with Crippen molar-refractivity contribution in [1.82, 2.24) is 14.9 Å². The second kappa shape index (κ2) is 9.35. The summed E-state index contributed by atoms with van der Waals surface area (Å²) in [6, 6.07) is 17.2. The van der Waals surface area contributed by atoms with Gasteiger partial charge in [0.15, 0.2) is 5.96 Å². The van der Waals surface area contributed by atoms with E-state index in [-0.39, 0.29) is 0 Å². The van der Waals surface area contributed by atoms with Crippen molar-refractivity contribution in [3.8, 4) is 0 Å². The van der Waals surface area contributed by atoms with E-state index >= 15 is 0 Å². The lowest BCUT2D eigenvalue weighted by molar-refractivity contribution is 0.519. The zero-order valence-corrected chi connectivity index (χ0v) is 16.3. The number of hydrogen-bond donors (Lipinski definition) is 2. The molecular formula is C19H26N4O2S. The van der Waals surface area contributed by atoms with Crippen LogP contribution in [0.3, 0.4) is 0 Å². The van der Waals surface area contributed by atoms with Gasteiger partial charge in [0.25, 0.3) is 0 Å². The molecule has 0 aliphatic heterocycles. The summed E-state index contributed by atoms with van der Waals surface area (Å²) in [5.74, 6) is 0.637. The van der Waals surface area contributed by atoms with Crippen LogP contribution in [0.1, 0.15) is 11.1 Å². The molecule has 0 fully saturated rings. The number of benzene rings is 2. The Morgan fingerprint density at radius 2 is 1.65 bits per heavy atom. The monoisotopic (exact) mass is 374 g/mol. The van der Waals surface area contributed by atoms with Crippen LogP contribution in [0.4, 0.5) is 0 Å². The lowest BCUT2D eigenvalue weighted by Crippen LogP contribution is -2.38. The van der Waals surface area contributed by atoms with Crippen LogP contribution in [0.25, 0.3) is 0 Å². The largest absolute Gasteiger partial charge is 0.356 e. The van der Waals surface area contributed by atoms with Crippen molar-refractivity contribution >= 4 is 16.0 Å². The van der Waals surface area contributed by atoms with Crippen LogP contribution < -0.4 is 10.6 Å². The van der Waals surface area contributed by atoms with E-state index in [0.29, 0.717) is 23.0 Å². The van der Waals surface area contributed by atoms with Crippen LogP contribution in [-0.4, -0.2) is 46.4 Å². The summed E-state index contributed by atoms with van der Waals surface area (Å²) in [6.45, 7) is 1.11. The van der Waals surface area contributed by atoms with E-state index in [1.54, 1.807) is 25.2 Å². The molecule has 0 aliphatic carbocycles. The van der Waals surface area contributed by atoms with Crippen molar-refractivity contribution < 1.29 is 8.42 Å². The predicted molar refractivity (Wildman–Crippen MR) is 106 cm³/mol. The first-order chi connectivity index (χ1) is 12.4. The molecular weight excluding hydrogens is 348 g/mol. The van der Waals surface area contributed by atoms with Gasteiger partial charge in [-0.25, -0.2) is 12.7 Å². The normalized spacial score (nSPS) is 12.2. The lowest BCUT2D eigenvalue weighted by Gasteiger charge is -2.17. The van der Waals surface area contributed by atoms with Crippen molar-refractivity contribution in [2.45, 2.75) is 17.9 Å². The SMILES string of the molecule is CN=C(NCCc1ccccc1)NCc1ccccc1S(=O)(=O)N(C)C. The summed E-state index contributed by atoms with van der Waals surface area (Å²) in [4.78, 5) is 4.50. The maximum atomic E-state index is 12.4. The molecule has 0 saturated carbocycles. The van der Waals surface area contributed by atoms with Gasteiger partial charge in [-0.05, 0) is 23.6 Å². The maximum absolute atomic E-state index is 12.4. The molecule has 0 spiro atoms. The molecule has 0 bridgehead atoms. The third-order valence-corrected chi connectivity index (χ3v) is 5.87. The van der Waals surface area contributed by atoms with Crippen LogP contribution in [0, 0.1) is 0 Å². The number of nitrogens with one attached hydrogen (secondary N) is 2. The van der Waals surface area contributed by atoms with Gasteiger partial charge in [-0.2, -0.15) is 0 Å². The van der Waals surface area contributed by atoms with Crippen LogP contribution in [0.15, 0.2) is 64.5 Å². The fourth-order valence-electron chi connectivity index (χ4n) is 2.47. The Labute approximate surface area is 156 Å². The van der Waals surface area contributed by atoms with Crippen molar-refractivity contribution in [2.24, 2.45) is 4.99 Å². The third kappa shape index (κ3) is 5.31. The molecule has 0 radical (unpaired) electrons. The molecule has 2 N–H and O–H groups in total. The van der Waals surface area contributed by atoms with Gasteiger partial charge in [0.05, 0.1) is 4.90 Å². The fourth-order valence-corrected chi connectivity index (χ4v) is 3.58. The van der Waals surface area contributed by atoms with Gasteiger partial charge >= 0.3 is 0 Å². The van der Waals surface area contributed by atoms with E-state index in [1.165, 1.54) is 24.0 Å². The minimum absolute atomic E-state index is 0.303. The van der Waals surface area contributed by atoms with Crippen LogP contribution in [0.2, 0.25) is 0 Å². The highest BCUT2D eigenvalue weighted by atomic mass is 32.2. The molecule has 0 aliphatic rings. The van der Waals surface area contributed by atoms with Crippen molar-refractivity contribution in [3.05, 3.63) is 65.7 Å². The van der Waals surface area contributed by atoms with Gasteiger partial charge in [-0.3, -0.25) is 4.99 Å². The first-order valence-corrected chi connectivity index (χ1v) is 9.88. The van der Waals surface area contributed by atoms with Crippen molar-refractivity contribution in [3.63, 3.8) is 0 Å². The number of rotatable bonds is 7. The number of sulfonamides is 1. The smallest absolute Gasteiger partial charge is 0.242 e. The third-order valence-electron chi connectivity index (χ3n) is 3.95. The van der Waals surface area contributed by atoms with E-state index in [1.807, 2.05) is 24.3 Å². The number of nitrogens with zero attached hydrogens (tertiary/aromatic N) is 2. The molecule has 2 aromatic carbocycles. The van der Waals surface area contributed by atoms with Gasteiger partial charge in [0.1, 0.15) is 0 Å². The zero-order chi connectivity index (χ0) is 19.0. The van der Waals surface area contributed by atoms with Crippen molar-refractivity contribution in [1.29, 1.82) is 0 Å². The van der Waals surface area contributed by atoms with Crippen LogP contribution in [-0.2, 0) is 23.0 Å². The second-order valence-corrected chi connectivity index (χ2v) is 8.10. The Morgan fingerprint density at radius 1 is 1.00 bits per heavy atom. The van der Waals surface area contributed by atoms with E-state index < -0.39 is 10.0 Å². The average molecular weight is 375 g/mol. The minimum Gasteiger partial charge on any atom is -0.356 e. The minimum atomic E-state index is -3.48. The summed E-state index contributed by atoms with van der Waals surface area (Å²) < 4.78 is 26.1. The van der Waals surface area contributed by atoms with Gasteiger partial charge in [-0.15, -0.1) is 0 Å². The summed E-state index contributed by atoms with van der Waals surface area (Å²) in [5.41, 5.74) is 1.95. The Balaban J connectivity index is 1.97. The van der Waals surface area contributed by atoms with E-state index in [0.717, 1.165) is 13.0 Å². The Morgan fingerprint density at radius 3 is 2.31 bits per heavy atom. The fraction of sp³-hybridized carbons (Fsp3) is 0.316. The highest BCUT2D eigenvalue weighted by Gasteiger charge is 2.20. The summed E-state index contributed by atoms with van der Waals surface area (Å²) in [5, 5.41) is 6.43. The zero-order valence-electron chi connectivity index (χ0n) is 15.4. The molecule has 7 heteroatoms. The molecule has 0 atom stereocenters. The molecule has 0 heterocycles. The average Bonchev–Trinajstić information content (AvgIpc) is 2.65. The molecule has 0 amide bonds. The maximum Gasteiger partial charge on any atom is 0.242 e. The number of aliphatic imine (C=N–C) groups is 1. The Bertz CT molecular complexity index is 834. The van der Waals surface area contributed by atoms with Crippen LogP contribution in [0.5, 0.6) is 0 Å². The summed E-state index contributed by atoms with van der Waals surface area (Å²) in [7, 11) is 1.28. The first-order valence-electron chi connectivity index (χ1n) is 8.44. The van der Waals surface area contributed by atoms with Gasteiger partial charge < -0.3 is 10.6 Å². The second-order valence-electron chi connectivity index (χ2n) is 5.98. The molecule has 0 unspecified atom stereocenters. The number of guanidine groups is 1. The first kappa shape index (κ1) is 19.9. The highest BCUT2D eigenvalue weighted by Crippen LogP contribution is 2.18. The van der Waals surface area contributed by atoms with Gasteiger partial charge in [0.2, 0.25) is 10.0 Å². The topological polar surface area (TPSA) is 73.8 Å². The predicted octanol–water partition coefficient (Wildman–Crippen LogP) is 1.84. The quantitative estimate of drug-likeness (QED) is 0.573. The van der Waals surface area contributed by atoms with E-state index in [9.17, 15) is 8.42 Å². The standard InChI is InChI=1S/C19H26N4O2S/c1-20-19(21-14-13-16-9-5-4-6-10-16)22-15-17-11-7-8-12-18(17)26(24,25)23(2)3/h4-12H,13-15H2,1-3H3,(H2,20,21,22). The van der Waals surface area contributed by atoms with E-state index in [2.05, 4.69) is 27.8 Å². The lowest BCUT2D eigenvalue weighted by atomic mass is 10.1. The van der Waals surface area contributed by atoms with Gasteiger partial charge in [-0.1, -0.05) is 48.5 Å². The Kier molecular flexibility index (Phi) is 7.17. The molecule has 26 heavy (non-hydrogen) atoms. The Hall–Kier alpha value is -2.38.